The fourth-order valence-electron chi connectivity index (χ4n) is 2.35. The minimum absolute atomic E-state index is 0.317. The number of aromatic nitrogens is 5. The van der Waals surface area contributed by atoms with E-state index in [1.807, 2.05) is 0 Å². The molecule has 0 N–H and O–H groups in total. The van der Waals surface area contributed by atoms with Crippen LogP contribution in [0.1, 0.15) is 0 Å². The van der Waals surface area contributed by atoms with Crippen LogP contribution in [0, 0.1) is 11.6 Å². The lowest BCUT2D eigenvalue weighted by atomic mass is 10.2. The molecule has 3 aromatic heterocycles. The van der Waals surface area contributed by atoms with E-state index in [0.717, 1.165) is 6.20 Å². The van der Waals surface area contributed by atoms with E-state index in [9.17, 15) is 8.78 Å². The molecular weight excluding hydrogens is 362 g/mol. The first-order chi connectivity index (χ1) is 12.6. The molecule has 0 bridgehead atoms. The summed E-state index contributed by atoms with van der Waals surface area (Å²) in [7, 11) is 1.80. The smallest absolute Gasteiger partial charge is 0.256 e. The molecule has 0 saturated heterocycles. The summed E-state index contributed by atoms with van der Waals surface area (Å²) < 4.78 is 36.2. The van der Waals surface area contributed by atoms with Gasteiger partial charge in [0.1, 0.15) is 30.0 Å². The second-order valence-electron chi connectivity index (χ2n) is 5.20. The Bertz CT molecular complexity index is 1080. The Hall–Kier alpha value is -3.27. The standard InChI is InChI=1S/C16H10F2N6OS/c1-24(16-22-8-23-26-16)14-11-5-10(2-3-13(11)20-7-21-14)25-15-12(18)4-9(17)6-19-15/h2-8H,1H3. The SMILES string of the molecule is CN(c1ncns1)c1ncnc2ccc(Oc3ncc(F)cc3F)cc12. The summed E-state index contributed by atoms with van der Waals surface area (Å²) in [6.45, 7) is 0. The molecule has 130 valence electrons. The van der Waals surface area contributed by atoms with Crippen LogP contribution in [-0.4, -0.2) is 31.4 Å². The van der Waals surface area contributed by atoms with E-state index in [4.69, 9.17) is 4.74 Å². The third kappa shape index (κ3) is 3.02. The summed E-state index contributed by atoms with van der Waals surface area (Å²) in [6, 6.07) is 5.70. The molecule has 0 aliphatic rings. The van der Waals surface area contributed by atoms with Crippen LogP contribution in [-0.2, 0) is 0 Å². The fraction of sp³-hybridized carbons (Fsp3) is 0.0625. The molecule has 0 spiro atoms. The lowest BCUT2D eigenvalue weighted by Gasteiger charge is -2.16. The Kier molecular flexibility index (Phi) is 4.09. The maximum atomic E-state index is 13.8. The first-order valence-electron chi connectivity index (χ1n) is 7.36. The normalized spacial score (nSPS) is 10.9. The summed E-state index contributed by atoms with van der Waals surface area (Å²) in [5, 5.41) is 1.33. The zero-order chi connectivity index (χ0) is 18.1. The molecule has 7 nitrogen and oxygen atoms in total. The highest BCUT2D eigenvalue weighted by atomic mass is 32.1. The van der Waals surface area contributed by atoms with Gasteiger partial charge in [0, 0.05) is 30.0 Å². The van der Waals surface area contributed by atoms with Crippen LogP contribution in [0.4, 0.5) is 19.7 Å². The fourth-order valence-corrected chi connectivity index (χ4v) is 2.84. The van der Waals surface area contributed by atoms with Crippen molar-refractivity contribution in [1.29, 1.82) is 0 Å². The zero-order valence-corrected chi connectivity index (χ0v) is 14.1. The van der Waals surface area contributed by atoms with Gasteiger partial charge in [0.25, 0.3) is 5.88 Å². The van der Waals surface area contributed by atoms with E-state index < -0.39 is 11.6 Å². The van der Waals surface area contributed by atoms with Gasteiger partial charge in [-0.15, -0.1) is 0 Å². The van der Waals surface area contributed by atoms with Crippen molar-refractivity contribution in [3.05, 3.63) is 54.8 Å². The number of hydrogen-bond donors (Lipinski definition) is 0. The number of halogens is 2. The number of rotatable bonds is 4. The Morgan fingerprint density at radius 1 is 1.04 bits per heavy atom. The molecule has 4 aromatic rings. The molecule has 0 radical (unpaired) electrons. The maximum absolute atomic E-state index is 13.8. The van der Waals surface area contributed by atoms with Crippen LogP contribution in [0.15, 0.2) is 43.1 Å². The topological polar surface area (TPSA) is 76.9 Å². The van der Waals surface area contributed by atoms with Crippen molar-refractivity contribution >= 4 is 33.4 Å². The number of pyridine rings is 1. The first-order valence-corrected chi connectivity index (χ1v) is 8.13. The number of benzene rings is 1. The van der Waals surface area contributed by atoms with Gasteiger partial charge >= 0.3 is 0 Å². The van der Waals surface area contributed by atoms with Crippen molar-refractivity contribution in [1.82, 2.24) is 24.3 Å². The van der Waals surface area contributed by atoms with E-state index in [1.165, 1.54) is 24.2 Å². The predicted octanol–water partition coefficient (Wildman–Crippen LogP) is 3.71. The van der Waals surface area contributed by atoms with Crippen LogP contribution in [0.3, 0.4) is 0 Å². The summed E-state index contributed by atoms with van der Waals surface area (Å²) >= 11 is 1.22. The van der Waals surface area contributed by atoms with Crippen LogP contribution >= 0.6 is 11.5 Å². The zero-order valence-electron chi connectivity index (χ0n) is 13.3. The highest BCUT2D eigenvalue weighted by molar-refractivity contribution is 7.09. The Morgan fingerprint density at radius 3 is 2.69 bits per heavy atom. The van der Waals surface area contributed by atoms with Gasteiger partial charge in [-0.2, -0.15) is 4.37 Å². The van der Waals surface area contributed by atoms with E-state index in [-0.39, 0.29) is 5.88 Å². The molecular formula is C16H10F2N6OS. The summed E-state index contributed by atoms with van der Waals surface area (Å²) in [5.74, 6) is -1.08. The van der Waals surface area contributed by atoms with Crippen LogP contribution in [0.5, 0.6) is 11.6 Å². The van der Waals surface area contributed by atoms with Crippen LogP contribution < -0.4 is 9.64 Å². The van der Waals surface area contributed by atoms with E-state index >= 15 is 0 Å². The van der Waals surface area contributed by atoms with Gasteiger partial charge in [0.2, 0.25) is 5.13 Å². The van der Waals surface area contributed by atoms with Crippen molar-refractivity contribution in [2.45, 2.75) is 0 Å². The summed E-state index contributed by atoms with van der Waals surface area (Å²) in [5.41, 5.74) is 0.672. The van der Waals surface area contributed by atoms with Gasteiger partial charge in [-0.25, -0.2) is 28.7 Å². The van der Waals surface area contributed by atoms with Crippen LogP contribution in [0.2, 0.25) is 0 Å². The van der Waals surface area contributed by atoms with E-state index in [0.29, 0.717) is 33.7 Å². The Balaban J connectivity index is 1.75. The van der Waals surface area contributed by atoms with Gasteiger partial charge in [0.15, 0.2) is 5.82 Å². The second-order valence-corrected chi connectivity index (χ2v) is 5.96. The molecule has 10 heteroatoms. The highest BCUT2D eigenvalue weighted by Crippen LogP contribution is 2.32. The Morgan fingerprint density at radius 2 is 1.92 bits per heavy atom. The molecule has 0 amide bonds. The van der Waals surface area contributed by atoms with Crippen molar-refractivity contribution in [2.24, 2.45) is 0 Å². The molecule has 4 rings (SSSR count). The van der Waals surface area contributed by atoms with Crippen molar-refractivity contribution in [3.8, 4) is 11.6 Å². The largest absolute Gasteiger partial charge is 0.436 e. The number of fused-ring (bicyclic) bond motifs is 1. The van der Waals surface area contributed by atoms with Crippen molar-refractivity contribution in [3.63, 3.8) is 0 Å². The molecule has 0 saturated carbocycles. The molecule has 3 heterocycles. The Labute approximate surface area is 150 Å². The molecule has 26 heavy (non-hydrogen) atoms. The lowest BCUT2D eigenvalue weighted by Crippen LogP contribution is -2.11. The average molecular weight is 372 g/mol. The number of ether oxygens (including phenoxy) is 1. The number of hydrogen-bond acceptors (Lipinski definition) is 8. The van der Waals surface area contributed by atoms with Crippen molar-refractivity contribution < 1.29 is 13.5 Å². The van der Waals surface area contributed by atoms with Crippen molar-refractivity contribution in [2.75, 3.05) is 11.9 Å². The van der Waals surface area contributed by atoms with Gasteiger partial charge in [-0.05, 0) is 18.2 Å². The van der Waals surface area contributed by atoms with E-state index in [1.54, 1.807) is 30.1 Å². The summed E-state index contributed by atoms with van der Waals surface area (Å²) in [4.78, 5) is 18.1. The lowest BCUT2D eigenvalue weighted by molar-refractivity contribution is 0.417. The first kappa shape index (κ1) is 16.2. The third-order valence-electron chi connectivity index (χ3n) is 3.53. The molecule has 1 aromatic carbocycles. The molecule has 0 fully saturated rings. The molecule has 0 aliphatic heterocycles. The minimum Gasteiger partial charge on any atom is -0.436 e. The van der Waals surface area contributed by atoms with Gasteiger partial charge in [-0.1, -0.05) is 0 Å². The quantitative estimate of drug-likeness (QED) is 0.540. The number of anilines is 2. The van der Waals surface area contributed by atoms with E-state index in [2.05, 4.69) is 24.3 Å². The predicted molar refractivity (Wildman–Crippen MR) is 91.7 cm³/mol. The van der Waals surface area contributed by atoms with Gasteiger partial charge in [0.05, 0.1) is 11.7 Å². The van der Waals surface area contributed by atoms with Gasteiger partial charge in [-0.3, -0.25) is 0 Å². The highest BCUT2D eigenvalue weighted by Gasteiger charge is 2.15. The maximum Gasteiger partial charge on any atom is 0.256 e. The average Bonchev–Trinajstić information content (AvgIpc) is 3.18. The molecule has 0 unspecified atom stereocenters. The monoisotopic (exact) mass is 372 g/mol. The minimum atomic E-state index is -0.888. The van der Waals surface area contributed by atoms with Crippen LogP contribution in [0.25, 0.3) is 10.9 Å². The number of nitrogens with zero attached hydrogens (tertiary/aromatic N) is 6. The molecule has 0 aliphatic carbocycles. The second kappa shape index (κ2) is 6.56. The summed E-state index contributed by atoms with van der Waals surface area (Å²) in [6.07, 6.45) is 3.78. The third-order valence-corrected chi connectivity index (χ3v) is 4.27. The molecule has 0 atom stereocenters. The van der Waals surface area contributed by atoms with Gasteiger partial charge < -0.3 is 9.64 Å².